The van der Waals surface area contributed by atoms with Crippen LogP contribution in [0.15, 0.2) is 176 Å². The van der Waals surface area contributed by atoms with Crippen LogP contribution < -0.4 is 4.90 Å². The molecule has 1 nitrogen and oxygen atoms in total. The Morgan fingerprint density at radius 3 is 2.07 bits per heavy atom. The SMILES string of the molecule is [2H]c1c([2H])c(-c2cccc3ccccc23)c([2H])c(N(c2c([2H])c([2H])c(-c3ccc4ccccc4c3)c([2H])c2[2H])c2c([2H])c([2H])c([2H])c3c([2H])c([2H])c([2H])c([2H])c23)c1[2H]. The molecule has 0 N–H and O–H groups in total. The molecule has 0 spiro atoms. The zero-order chi connectivity index (χ0) is 41.6. The molecule has 0 heterocycles. The first-order valence-corrected chi connectivity index (χ1v) is 13.6. The molecule has 0 atom stereocenters. The Morgan fingerprint density at radius 2 is 1.16 bits per heavy atom. The van der Waals surface area contributed by atoms with Crippen molar-refractivity contribution in [1.29, 1.82) is 0 Å². The van der Waals surface area contributed by atoms with Gasteiger partial charge >= 0.3 is 0 Å². The average Bonchev–Trinajstić information content (AvgIpc) is 3.22. The minimum Gasteiger partial charge on any atom is -0.310 e. The molecule has 8 rings (SSSR count). The molecule has 0 fully saturated rings. The standard InChI is InChI=1S/C42H29N/c1-2-13-34-28-35(23-22-30(34)10-1)31-24-26-37(27-25-31)43(42-21-9-15-33-12-4-6-19-41(33)42)38-17-7-16-36(29-38)40-20-8-14-32-11-3-5-18-39(32)40/h1-29H/i4D,6D,7D,9D,12D,15D,16D,17D,19D,21D,24D,25D,26D,27D,29D. The topological polar surface area (TPSA) is 3.24 Å². The lowest BCUT2D eigenvalue weighted by atomic mass is 9.97. The number of nitrogens with zero attached hydrogens (tertiary/aromatic N) is 1. The molecule has 0 saturated heterocycles. The van der Waals surface area contributed by atoms with Gasteiger partial charge in [-0.25, -0.2) is 0 Å². The third kappa shape index (κ3) is 4.62. The molecular weight excluding hydrogens is 518 g/mol. The average molecular weight is 563 g/mol. The summed E-state index contributed by atoms with van der Waals surface area (Å²) in [5.41, 5.74) is -1.48. The van der Waals surface area contributed by atoms with Crippen molar-refractivity contribution in [3.05, 3.63) is 176 Å². The maximum atomic E-state index is 9.74. The van der Waals surface area contributed by atoms with Crippen molar-refractivity contribution in [1.82, 2.24) is 0 Å². The molecular formula is C42H29N. The van der Waals surface area contributed by atoms with Crippen LogP contribution in [0.2, 0.25) is 0 Å². The first-order chi connectivity index (χ1) is 27.6. The van der Waals surface area contributed by atoms with E-state index in [0.717, 1.165) is 21.1 Å². The van der Waals surface area contributed by atoms with Crippen LogP contribution in [0.4, 0.5) is 17.1 Å². The highest BCUT2D eigenvalue weighted by Gasteiger charge is 2.17. The molecule has 202 valence electrons. The normalized spacial score (nSPS) is 16.1. The predicted molar refractivity (Wildman–Crippen MR) is 185 cm³/mol. The second kappa shape index (κ2) is 10.6. The predicted octanol–water partition coefficient (Wildman–Crippen LogP) is 11.9. The van der Waals surface area contributed by atoms with Crippen molar-refractivity contribution in [3.63, 3.8) is 0 Å². The summed E-state index contributed by atoms with van der Waals surface area (Å²) in [5, 5.41) is 1.92. The lowest BCUT2D eigenvalue weighted by molar-refractivity contribution is 1.30. The molecule has 0 aliphatic rings. The summed E-state index contributed by atoms with van der Waals surface area (Å²) < 4.78 is 136. The fourth-order valence-corrected chi connectivity index (χ4v) is 5.23. The first kappa shape index (κ1) is 14.0. The van der Waals surface area contributed by atoms with Gasteiger partial charge in [-0.3, -0.25) is 0 Å². The number of hydrogen-bond donors (Lipinski definition) is 0. The van der Waals surface area contributed by atoms with Gasteiger partial charge in [-0.05, 0) is 85.5 Å². The van der Waals surface area contributed by atoms with Crippen LogP contribution in [-0.2, 0) is 0 Å². The minimum atomic E-state index is -0.843. The van der Waals surface area contributed by atoms with Crippen molar-refractivity contribution in [2.45, 2.75) is 0 Å². The highest BCUT2D eigenvalue weighted by molar-refractivity contribution is 6.01. The Balaban J connectivity index is 1.57. The zero-order valence-electron chi connectivity index (χ0n) is 37.5. The summed E-state index contributed by atoms with van der Waals surface area (Å²) in [6.07, 6.45) is 0. The van der Waals surface area contributed by atoms with Crippen LogP contribution in [0, 0.1) is 0 Å². The third-order valence-corrected chi connectivity index (χ3v) is 7.28. The van der Waals surface area contributed by atoms with E-state index in [1.165, 1.54) is 0 Å². The van der Waals surface area contributed by atoms with E-state index in [1.54, 1.807) is 48.5 Å². The molecule has 0 aromatic heterocycles. The van der Waals surface area contributed by atoms with Gasteiger partial charge in [0, 0.05) is 16.8 Å². The fraction of sp³-hybridized carbons (Fsp3) is 0. The third-order valence-electron chi connectivity index (χ3n) is 7.28. The number of rotatable bonds is 5. The lowest BCUT2D eigenvalue weighted by Gasteiger charge is -2.27. The maximum absolute atomic E-state index is 9.74. The minimum absolute atomic E-state index is 0.0960. The molecule has 8 aromatic carbocycles. The summed E-state index contributed by atoms with van der Waals surface area (Å²) in [6.45, 7) is 0. The van der Waals surface area contributed by atoms with Gasteiger partial charge in [0.15, 0.2) is 0 Å². The van der Waals surface area contributed by atoms with Gasteiger partial charge in [-0.2, -0.15) is 0 Å². The number of hydrogen-bond acceptors (Lipinski definition) is 1. The summed E-state index contributed by atoms with van der Waals surface area (Å²) in [6, 6.07) is 14.1. The molecule has 0 radical (unpaired) electrons. The van der Waals surface area contributed by atoms with E-state index in [-0.39, 0.29) is 11.1 Å². The van der Waals surface area contributed by atoms with E-state index in [0.29, 0.717) is 16.5 Å². The Labute approximate surface area is 273 Å². The number of anilines is 3. The van der Waals surface area contributed by atoms with Crippen LogP contribution in [-0.4, -0.2) is 0 Å². The van der Waals surface area contributed by atoms with Gasteiger partial charge in [0.2, 0.25) is 0 Å². The molecule has 1 heteroatoms. The Morgan fingerprint density at radius 1 is 0.419 bits per heavy atom. The Bertz CT molecular complexity index is 3050. The van der Waals surface area contributed by atoms with Gasteiger partial charge in [0.1, 0.15) is 0 Å². The summed E-state index contributed by atoms with van der Waals surface area (Å²) in [7, 11) is 0. The van der Waals surface area contributed by atoms with Gasteiger partial charge in [-0.15, -0.1) is 0 Å². The van der Waals surface area contributed by atoms with Crippen LogP contribution in [0.1, 0.15) is 20.6 Å². The van der Waals surface area contributed by atoms with E-state index in [2.05, 4.69) is 0 Å². The van der Waals surface area contributed by atoms with Gasteiger partial charge in [-0.1, -0.05) is 139 Å². The van der Waals surface area contributed by atoms with E-state index in [1.807, 2.05) is 36.4 Å². The van der Waals surface area contributed by atoms with Crippen molar-refractivity contribution in [3.8, 4) is 22.3 Å². The second-order valence-electron chi connectivity index (χ2n) is 9.84. The highest BCUT2D eigenvalue weighted by atomic mass is 15.1. The number of fused-ring (bicyclic) bond motifs is 3. The second-order valence-corrected chi connectivity index (χ2v) is 9.84. The largest absolute Gasteiger partial charge is 0.310 e. The van der Waals surface area contributed by atoms with Gasteiger partial charge in [0.25, 0.3) is 0 Å². The zero-order valence-corrected chi connectivity index (χ0v) is 22.5. The van der Waals surface area contributed by atoms with Crippen molar-refractivity contribution in [2.75, 3.05) is 4.90 Å². The molecule has 0 aliphatic carbocycles. The smallest absolute Gasteiger partial charge is 0.0651 e. The fourth-order valence-electron chi connectivity index (χ4n) is 5.23. The maximum Gasteiger partial charge on any atom is 0.0651 e. The molecule has 0 amide bonds. The quantitative estimate of drug-likeness (QED) is 0.202. The van der Waals surface area contributed by atoms with Crippen LogP contribution in [0.3, 0.4) is 0 Å². The monoisotopic (exact) mass is 562 g/mol. The van der Waals surface area contributed by atoms with E-state index >= 15 is 0 Å². The molecule has 0 aliphatic heterocycles. The lowest BCUT2D eigenvalue weighted by Crippen LogP contribution is -2.10. The first-order valence-electron chi connectivity index (χ1n) is 21.1. The van der Waals surface area contributed by atoms with E-state index in [4.69, 9.17) is 11.0 Å². The van der Waals surface area contributed by atoms with E-state index < -0.39 is 118 Å². The summed E-state index contributed by atoms with van der Waals surface area (Å²) in [5.74, 6) is 0. The number of benzene rings is 8. The molecule has 0 bridgehead atoms. The van der Waals surface area contributed by atoms with E-state index in [9.17, 15) is 9.60 Å². The highest BCUT2D eigenvalue weighted by Crippen LogP contribution is 2.41. The van der Waals surface area contributed by atoms with Crippen molar-refractivity contribution in [2.24, 2.45) is 0 Å². The Kier molecular flexibility index (Phi) is 3.46. The molecule has 0 unspecified atom stereocenters. The summed E-state index contributed by atoms with van der Waals surface area (Å²) in [4.78, 5) is 0.810. The molecule has 0 saturated carbocycles. The Hall–Kier alpha value is -5.66. The van der Waals surface area contributed by atoms with Gasteiger partial charge in [0.05, 0.1) is 26.2 Å². The van der Waals surface area contributed by atoms with Gasteiger partial charge < -0.3 is 4.90 Å². The molecule has 43 heavy (non-hydrogen) atoms. The van der Waals surface area contributed by atoms with Crippen LogP contribution in [0.5, 0.6) is 0 Å². The van der Waals surface area contributed by atoms with Crippen LogP contribution in [0.25, 0.3) is 54.6 Å². The molecule has 8 aromatic rings. The summed E-state index contributed by atoms with van der Waals surface area (Å²) >= 11 is 0. The van der Waals surface area contributed by atoms with Crippen LogP contribution >= 0.6 is 0 Å². The van der Waals surface area contributed by atoms with Crippen molar-refractivity contribution >= 4 is 49.4 Å². The van der Waals surface area contributed by atoms with Crippen molar-refractivity contribution < 1.29 is 20.6 Å².